The molecule has 0 bridgehead atoms. The molecule has 2 aromatic carbocycles. The second kappa shape index (κ2) is 8.28. The van der Waals surface area contributed by atoms with Gasteiger partial charge < -0.3 is 5.32 Å². The molecule has 0 radical (unpaired) electrons. The van der Waals surface area contributed by atoms with Gasteiger partial charge in [-0.25, -0.2) is 4.39 Å². The third-order valence-corrected chi connectivity index (χ3v) is 4.13. The molecule has 0 aromatic heterocycles. The van der Waals surface area contributed by atoms with Gasteiger partial charge in [0, 0.05) is 29.1 Å². The average molecular weight is 334 g/mol. The molecule has 2 rings (SSSR count). The zero-order chi connectivity index (χ0) is 16.7. The van der Waals surface area contributed by atoms with E-state index >= 15 is 0 Å². The number of rotatable bonds is 7. The van der Waals surface area contributed by atoms with Gasteiger partial charge in [0.1, 0.15) is 5.82 Å². The summed E-state index contributed by atoms with van der Waals surface area (Å²) in [6.45, 7) is 0.504. The average Bonchev–Trinajstić information content (AvgIpc) is 2.56. The van der Waals surface area contributed by atoms with Gasteiger partial charge in [0.15, 0.2) is 0 Å². The zero-order valence-corrected chi connectivity index (χ0v) is 13.0. The number of halogens is 1. The van der Waals surface area contributed by atoms with E-state index in [1.165, 1.54) is 36.4 Å². The summed E-state index contributed by atoms with van der Waals surface area (Å²) >= 11 is 1.59. The quantitative estimate of drug-likeness (QED) is 0.363. The van der Waals surface area contributed by atoms with E-state index in [9.17, 15) is 19.3 Å². The number of hydrogen-bond donors (Lipinski definition) is 1. The van der Waals surface area contributed by atoms with Gasteiger partial charge in [-0.1, -0.05) is 0 Å². The fraction of sp³-hybridized carbons (Fsp3) is 0.188. The van der Waals surface area contributed by atoms with Gasteiger partial charge in [0.05, 0.1) is 4.92 Å². The fourth-order valence-electron chi connectivity index (χ4n) is 1.83. The molecule has 23 heavy (non-hydrogen) atoms. The minimum absolute atomic E-state index is 0.0442. The minimum Gasteiger partial charge on any atom is -0.352 e. The Bertz CT molecular complexity index is 675. The molecule has 2 aromatic rings. The van der Waals surface area contributed by atoms with Crippen molar-refractivity contribution in [1.82, 2.24) is 5.32 Å². The Morgan fingerprint density at radius 1 is 1.13 bits per heavy atom. The third kappa shape index (κ3) is 5.37. The Hall–Kier alpha value is -2.41. The van der Waals surface area contributed by atoms with E-state index in [0.29, 0.717) is 12.1 Å². The highest BCUT2D eigenvalue weighted by Gasteiger charge is 2.08. The number of carbonyl (C=O) groups is 1. The molecular formula is C16H15FN2O3S. The van der Waals surface area contributed by atoms with Crippen LogP contribution in [0, 0.1) is 15.9 Å². The lowest BCUT2D eigenvalue weighted by Gasteiger charge is -2.05. The molecule has 120 valence electrons. The normalized spacial score (nSPS) is 10.3. The number of nitrogens with one attached hydrogen (secondary N) is 1. The van der Waals surface area contributed by atoms with Crippen LogP contribution >= 0.6 is 11.8 Å². The van der Waals surface area contributed by atoms with Crippen LogP contribution in [-0.4, -0.2) is 23.1 Å². The topological polar surface area (TPSA) is 72.2 Å². The first kappa shape index (κ1) is 17.0. The van der Waals surface area contributed by atoms with Crippen molar-refractivity contribution < 1.29 is 14.1 Å². The van der Waals surface area contributed by atoms with Crippen molar-refractivity contribution in [3.63, 3.8) is 0 Å². The number of hydrogen-bond acceptors (Lipinski definition) is 4. The molecule has 0 saturated heterocycles. The highest BCUT2D eigenvalue weighted by Crippen LogP contribution is 2.18. The number of benzene rings is 2. The molecule has 0 atom stereocenters. The van der Waals surface area contributed by atoms with E-state index in [0.717, 1.165) is 17.1 Å². The van der Waals surface area contributed by atoms with E-state index in [-0.39, 0.29) is 17.4 Å². The second-order valence-electron chi connectivity index (χ2n) is 4.72. The number of carbonyl (C=O) groups excluding carboxylic acids is 1. The molecule has 0 spiro atoms. The Labute approximate surface area is 137 Å². The largest absolute Gasteiger partial charge is 0.352 e. The molecule has 0 saturated carbocycles. The molecule has 0 unspecified atom stereocenters. The first-order chi connectivity index (χ1) is 11.1. The number of non-ortho nitro benzene ring substituents is 1. The van der Waals surface area contributed by atoms with Gasteiger partial charge in [-0.2, -0.15) is 0 Å². The lowest BCUT2D eigenvalue weighted by Crippen LogP contribution is -2.24. The Balaban J connectivity index is 1.70. The Kier molecular flexibility index (Phi) is 6.10. The van der Waals surface area contributed by atoms with Crippen molar-refractivity contribution in [1.29, 1.82) is 0 Å². The van der Waals surface area contributed by atoms with Crippen LogP contribution in [0.2, 0.25) is 0 Å². The summed E-state index contributed by atoms with van der Waals surface area (Å²) in [6, 6.07) is 11.7. The minimum atomic E-state index is -0.506. The van der Waals surface area contributed by atoms with Gasteiger partial charge in [-0.3, -0.25) is 14.9 Å². The van der Waals surface area contributed by atoms with Crippen molar-refractivity contribution in [2.45, 2.75) is 11.3 Å². The molecule has 7 heteroatoms. The number of thioether (sulfide) groups is 1. The lowest BCUT2D eigenvalue weighted by molar-refractivity contribution is -0.384. The van der Waals surface area contributed by atoms with Gasteiger partial charge in [0.2, 0.25) is 0 Å². The Morgan fingerprint density at radius 2 is 1.78 bits per heavy atom. The molecule has 0 fully saturated rings. The summed E-state index contributed by atoms with van der Waals surface area (Å²) in [4.78, 5) is 22.9. The zero-order valence-electron chi connectivity index (χ0n) is 12.2. The summed E-state index contributed by atoms with van der Waals surface area (Å²) in [7, 11) is 0. The summed E-state index contributed by atoms with van der Waals surface area (Å²) in [5.41, 5.74) is 0.346. The van der Waals surface area contributed by atoms with E-state index in [2.05, 4.69) is 5.32 Å². The molecule has 1 N–H and O–H groups in total. The van der Waals surface area contributed by atoms with Gasteiger partial charge in [-0.15, -0.1) is 11.8 Å². The number of nitrogens with zero attached hydrogens (tertiary/aromatic N) is 1. The molecule has 1 amide bonds. The molecule has 0 aliphatic carbocycles. The Morgan fingerprint density at radius 3 is 2.39 bits per heavy atom. The maximum Gasteiger partial charge on any atom is 0.269 e. The standard InChI is InChI=1S/C16H15FN2O3S/c17-13-4-8-15(9-5-13)23-11-1-10-18-16(20)12-2-6-14(7-3-12)19(21)22/h2-9H,1,10-11H2,(H,18,20). The van der Waals surface area contributed by atoms with Crippen LogP contribution in [0.1, 0.15) is 16.8 Å². The monoisotopic (exact) mass is 334 g/mol. The molecule has 0 aliphatic rings. The van der Waals surface area contributed by atoms with Crippen LogP contribution in [0.3, 0.4) is 0 Å². The fourth-order valence-corrected chi connectivity index (χ4v) is 2.68. The second-order valence-corrected chi connectivity index (χ2v) is 5.88. The summed E-state index contributed by atoms with van der Waals surface area (Å²) in [5.74, 6) is 0.281. The van der Waals surface area contributed by atoms with E-state index in [4.69, 9.17) is 0 Å². The molecule has 5 nitrogen and oxygen atoms in total. The van der Waals surface area contributed by atoms with E-state index < -0.39 is 4.92 Å². The lowest BCUT2D eigenvalue weighted by atomic mass is 10.2. The highest BCUT2D eigenvalue weighted by atomic mass is 32.2. The number of amides is 1. The van der Waals surface area contributed by atoms with Crippen molar-refractivity contribution >= 4 is 23.4 Å². The summed E-state index contributed by atoms with van der Waals surface area (Å²) in [6.07, 6.45) is 0.765. The summed E-state index contributed by atoms with van der Waals surface area (Å²) in [5, 5.41) is 13.3. The van der Waals surface area contributed by atoms with Gasteiger partial charge in [-0.05, 0) is 48.6 Å². The van der Waals surface area contributed by atoms with Crippen LogP contribution < -0.4 is 5.32 Å². The predicted octanol–water partition coefficient (Wildman–Crippen LogP) is 3.65. The third-order valence-electron chi connectivity index (χ3n) is 3.03. The van der Waals surface area contributed by atoms with E-state index in [1.807, 2.05) is 0 Å². The van der Waals surface area contributed by atoms with Crippen LogP contribution in [0.4, 0.5) is 10.1 Å². The molecular weight excluding hydrogens is 319 g/mol. The van der Waals surface area contributed by atoms with Crippen molar-refractivity contribution in [3.8, 4) is 0 Å². The van der Waals surface area contributed by atoms with Crippen LogP contribution in [0.15, 0.2) is 53.4 Å². The first-order valence-corrected chi connectivity index (χ1v) is 7.96. The van der Waals surface area contributed by atoms with Crippen LogP contribution in [-0.2, 0) is 0 Å². The number of nitro benzene ring substituents is 1. The highest BCUT2D eigenvalue weighted by molar-refractivity contribution is 7.99. The number of nitro groups is 1. The van der Waals surface area contributed by atoms with Crippen molar-refractivity contribution in [2.75, 3.05) is 12.3 Å². The maximum atomic E-state index is 12.8. The van der Waals surface area contributed by atoms with Crippen molar-refractivity contribution in [2.24, 2.45) is 0 Å². The van der Waals surface area contributed by atoms with Gasteiger partial charge >= 0.3 is 0 Å². The SMILES string of the molecule is O=C(NCCCSc1ccc(F)cc1)c1ccc([N+](=O)[O-])cc1. The maximum absolute atomic E-state index is 12.8. The predicted molar refractivity (Wildman–Crippen MR) is 87.2 cm³/mol. The van der Waals surface area contributed by atoms with Crippen LogP contribution in [0.5, 0.6) is 0 Å². The van der Waals surface area contributed by atoms with Crippen LogP contribution in [0.25, 0.3) is 0 Å². The first-order valence-electron chi connectivity index (χ1n) is 6.97. The van der Waals surface area contributed by atoms with Gasteiger partial charge in [0.25, 0.3) is 11.6 Å². The van der Waals surface area contributed by atoms with E-state index in [1.54, 1.807) is 23.9 Å². The smallest absolute Gasteiger partial charge is 0.269 e. The van der Waals surface area contributed by atoms with Crippen molar-refractivity contribution in [3.05, 3.63) is 70.0 Å². The molecule has 0 heterocycles. The summed E-state index contributed by atoms with van der Waals surface area (Å²) < 4.78 is 12.8. The molecule has 0 aliphatic heterocycles.